The van der Waals surface area contributed by atoms with Crippen molar-refractivity contribution in [2.45, 2.75) is 46.1 Å². The van der Waals surface area contributed by atoms with Crippen LogP contribution in [0.4, 0.5) is 0 Å². The first-order valence-corrected chi connectivity index (χ1v) is 11.9. The zero-order valence-corrected chi connectivity index (χ0v) is 18.5. The van der Waals surface area contributed by atoms with Crippen molar-refractivity contribution in [3.05, 3.63) is 40.2 Å². The number of rotatable bonds is 8. The van der Waals surface area contributed by atoms with Crippen LogP contribution in [0.15, 0.2) is 12.1 Å². The van der Waals surface area contributed by atoms with Crippen LogP contribution in [0.5, 0.6) is 11.5 Å². The molecule has 0 spiro atoms. The fourth-order valence-electron chi connectivity index (χ4n) is 2.85. The van der Waals surface area contributed by atoms with Crippen LogP contribution in [0.2, 0.25) is 0 Å². The van der Waals surface area contributed by atoms with E-state index in [4.69, 9.17) is 14.2 Å². The molecule has 1 unspecified atom stereocenters. The molecule has 0 aliphatic rings. The summed E-state index contributed by atoms with van der Waals surface area (Å²) in [6.07, 6.45) is 1.06. The lowest BCUT2D eigenvalue weighted by Gasteiger charge is -2.12. The van der Waals surface area contributed by atoms with E-state index in [0.717, 1.165) is 17.4 Å². The van der Waals surface area contributed by atoms with Gasteiger partial charge in [-0.1, -0.05) is 13.8 Å². The zero-order valence-electron chi connectivity index (χ0n) is 16.8. The van der Waals surface area contributed by atoms with Gasteiger partial charge >= 0.3 is 8.25 Å². The van der Waals surface area contributed by atoms with Gasteiger partial charge in [0.2, 0.25) is 0 Å². The Labute approximate surface area is 170 Å². The highest BCUT2D eigenvalue weighted by Gasteiger charge is 2.27. The molecule has 2 aromatic rings. The molecule has 156 valence electrons. The molecule has 0 amide bonds. The number of nitriles is 1. The molecule has 11 heteroatoms. The van der Waals surface area contributed by atoms with Gasteiger partial charge in [0.15, 0.2) is 22.2 Å². The smallest absolute Gasteiger partial charge is 0.453 e. The van der Waals surface area contributed by atoms with Crippen LogP contribution >= 0.6 is 8.25 Å². The van der Waals surface area contributed by atoms with Gasteiger partial charge in [-0.2, -0.15) is 10.4 Å². The highest BCUT2D eigenvalue weighted by molar-refractivity contribution is 7.89. The minimum Gasteiger partial charge on any atom is -0.453 e. The van der Waals surface area contributed by atoms with Gasteiger partial charge in [-0.3, -0.25) is 0 Å². The lowest BCUT2D eigenvalue weighted by molar-refractivity contribution is 0.260. The summed E-state index contributed by atoms with van der Waals surface area (Å²) >= 11 is 0. The molecule has 0 saturated carbocycles. The average Bonchev–Trinajstić information content (AvgIpc) is 2.88. The first-order valence-electron chi connectivity index (χ1n) is 8.68. The molecular formula is C18H23N3O6PS+. The van der Waals surface area contributed by atoms with Crippen molar-refractivity contribution < 1.29 is 27.1 Å². The average molecular weight is 440 g/mol. The van der Waals surface area contributed by atoms with Crippen LogP contribution in [0.25, 0.3) is 0 Å². The SMILES string of the molecule is Cc1cc(Oc2c(C(C)C)nn(CS(C)(=O)=O)c2CO[P+](=O)O)cc(C)c1C#N. The molecule has 29 heavy (non-hydrogen) atoms. The number of hydrogen-bond acceptors (Lipinski definition) is 7. The van der Waals surface area contributed by atoms with Gasteiger partial charge in [0.05, 0.1) is 11.6 Å². The molecule has 0 bridgehead atoms. The fourth-order valence-corrected chi connectivity index (χ4v) is 3.74. The molecule has 0 aliphatic carbocycles. The van der Waals surface area contributed by atoms with E-state index in [1.54, 1.807) is 26.0 Å². The van der Waals surface area contributed by atoms with E-state index in [0.29, 0.717) is 17.0 Å². The maximum absolute atomic E-state index is 11.8. The number of sulfone groups is 1. The Balaban J connectivity index is 2.61. The summed E-state index contributed by atoms with van der Waals surface area (Å²) in [5, 5.41) is 13.6. The molecule has 0 fully saturated rings. The van der Waals surface area contributed by atoms with Crippen LogP contribution in [-0.4, -0.2) is 29.3 Å². The van der Waals surface area contributed by atoms with Gasteiger partial charge in [0, 0.05) is 16.7 Å². The van der Waals surface area contributed by atoms with E-state index in [1.807, 2.05) is 13.8 Å². The monoisotopic (exact) mass is 440 g/mol. The van der Waals surface area contributed by atoms with Crippen LogP contribution in [0.1, 0.15) is 47.8 Å². The Morgan fingerprint density at radius 2 is 1.90 bits per heavy atom. The molecule has 9 nitrogen and oxygen atoms in total. The second kappa shape index (κ2) is 9.01. The third-order valence-electron chi connectivity index (χ3n) is 4.09. The Kier molecular flexibility index (Phi) is 7.14. The van der Waals surface area contributed by atoms with E-state index in [1.165, 1.54) is 4.68 Å². The van der Waals surface area contributed by atoms with Crippen molar-refractivity contribution >= 4 is 18.1 Å². The summed E-state index contributed by atoms with van der Waals surface area (Å²) in [5.74, 6) is 0.161. The van der Waals surface area contributed by atoms with E-state index < -0.39 is 24.0 Å². The molecule has 1 heterocycles. The standard InChI is InChI=1S/C18H22N3O6PS/c1-11(2)17-18(27-14-6-12(3)15(8-19)13(4)7-14)16(9-26-28(22)23)21(20-17)10-29(5,24)25/h6-7,11H,9-10H2,1-5H3/p+1. The number of hydrogen-bond donors (Lipinski definition) is 1. The summed E-state index contributed by atoms with van der Waals surface area (Å²) in [6.45, 7) is 6.95. The summed E-state index contributed by atoms with van der Waals surface area (Å²) in [5.41, 5.74) is 2.73. The number of ether oxygens (including phenoxy) is 1. The van der Waals surface area contributed by atoms with Crippen LogP contribution in [0.3, 0.4) is 0 Å². The van der Waals surface area contributed by atoms with Crippen LogP contribution < -0.4 is 4.74 Å². The Morgan fingerprint density at radius 1 is 1.31 bits per heavy atom. The van der Waals surface area contributed by atoms with Gasteiger partial charge in [0.25, 0.3) is 0 Å². The quantitative estimate of drug-likeness (QED) is 0.617. The molecule has 0 radical (unpaired) electrons. The summed E-state index contributed by atoms with van der Waals surface area (Å²) in [6, 6.07) is 5.53. The third-order valence-corrected chi connectivity index (χ3v) is 5.15. The molecule has 2 rings (SSSR count). The molecule has 1 aromatic carbocycles. The van der Waals surface area contributed by atoms with Crippen molar-refractivity contribution in [2.75, 3.05) is 6.26 Å². The molecular weight excluding hydrogens is 417 g/mol. The fraction of sp³-hybridized carbons (Fsp3) is 0.444. The third kappa shape index (κ3) is 5.84. The Morgan fingerprint density at radius 3 is 2.34 bits per heavy atom. The first-order chi connectivity index (χ1) is 13.4. The van der Waals surface area contributed by atoms with Crippen molar-refractivity contribution in [1.82, 2.24) is 9.78 Å². The van der Waals surface area contributed by atoms with Crippen molar-refractivity contribution in [3.8, 4) is 17.6 Å². The summed E-state index contributed by atoms with van der Waals surface area (Å²) in [4.78, 5) is 9.03. The molecule has 1 atom stereocenters. The van der Waals surface area contributed by atoms with Gasteiger partial charge in [0.1, 0.15) is 23.0 Å². The predicted octanol–water partition coefficient (Wildman–Crippen LogP) is 3.46. The summed E-state index contributed by atoms with van der Waals surface area (Å²) < 4.78 is 46.8. The second-order valence-corrected chi connectivity index (χ2v) is 9.87. The highest BCUT2D eigenvalue weighted by atomic mass is 32.2. The molecule has 0 aliphatic heterocycles. The number of benzene rings is 1. The van der Waals surface area contributed by atoms with Crippen LogP contribution in [-0.2, 0) is 31.4 Å². The largest absolute Gasteiger partial charge is 0.695 e. The lowest BCUT2D eigenvalue weighted by atomic mass is 10.0. The van der Waals surface area contributed by atoms with Crippen molar-refractivity contribution in [1.29, 1.82) is 5.26 Å². The lowest BCUT2D eigenvalue weighted by Crippen LogP contribution is -2.13. The van der Waals surface area contributed by atoms with Gasteiger partial charge in [-0.15, -0.1) is 9.42 Å². The number of nitrogens with zero attached hydrogens (tertiary/aromatic N) is 3. The van der Waals surface area contributed by atoms with E-state index in [2.05, 4.69) is 11.2 Å². The van der Waals surface area contributed by atoms with Crippen molar-refractivity contribution in [3.63, 3.8) is 0 Å². The Bertz CT molecular complexity index is 1060. The van der Waals surface area contributed by atoms with Gasteiger partial charge in [-0.05, 0) is 37.1 Å². The van der Waals surface area contributed by atoms with E-state index >= 15 is 0 Å². The topological polar surface area (TPSA) is 132 Å². The first kappa shape index (κ1) is 23.0. The molecule has 0 saturated heterocycles. The minimum atomic E-state index is -3.44. The van der Waals surface area contributed by atoms with Gasteiger partial charge < -0.3 is 4.74 Å². The van der Waals surface area contributed by atoms with Crippen LogP contribution in [0, 0.1) is 25.2 Å². The number of aryl methyl sites for hydroxylation is 2. The zero-order chi connectivity index (χ0) is 21.9. The van der Waals surface area contributed by atoms with Crippen molar-refractivity contribution in [2.24, 2.45) is 0 Å². The maximum atomic E-state index is 11.8. The van der Waals surface area contributed by atoms with Gasteiger partial charge in [-0.25, -0.2) is 13.1 Å². The molecule has 1 N–H and O–H groups in total. The minimum absolute atomic E-state index is 0.118. The number of aromatic nitrogens is 2. The highest BCUT2D eigenvalue weighted by Crippen LogP contribution is 2.36. The second-order valence-electron chi connectivity index (χ2n) is 7.03. The van der Waals surface area contributed by atoms with E-state index in [9.17, 15) is 18.2 Å². The Hall–Kier alpha value is -2.31. The molecule has 1 aromatic heterocycles. The normalized spacial score (nSPS) is 12.1. The predicted molar refractivity (Wildman–Crippen MR) is 106 cm³/mol. The van der Waals surface area contributed by atoms with E-state index in [-0.39, 0.29) is 24.0 Å². The summed E-state index contributed by atoms with van der Waals surface area (Å²) in [7, 11) is -6.34. The maximum Gasteiger partial charge on any atom is 0.695 e.